The van der Waals surface area contributed by atoms with E-state index in [0.29, 0.717) is 36.5 Å². The average Bonchev–Trinajstić information content (AvgIpc) is 2.77. The number of alkyl halides is 6. The summed E-state index contributed by atoms with van der Waals surface area (Å²) in [6.45, 7) is -0.191. The van der Waals surface area contributed by atoms with Crippen LogP contribution < -0.4 is 10.0 Å². The maximum Gasteiger partial charge on any atom is 0.416 e. The van der Waals surface area contributed by atoms with E-state index in [1.165, 1.54) is 4.72 Å². The van der Waals surface area contributed by atoms with Crippen molar-refractivity contribution in [1.29, 1.82) is 0 Å². The van der Waals surface area contributed by atoms with Crippen LogP contribution in [0.2, 0.25) is 0 Å². The summed E-state index contributed by atoms with van der Waals surface area (Å²) in [5, 5.41) is 11.8. The van der Waals surface area contributed by atoms with Gasteiger partial charge in [-0.3, -0.25) is 4.79 Å². The first kappa shape index (κ1) is 27.0. The molecule has 1 aliphatic carbocycles. The molecule has 192 valence electrons. The zero-order chi connectivity index (χ0) is 26.0. The van der Waals surface area contributed by atoms with Crippen LogP contribution in [0, 0.1) is 0 Å². The summed E-state index contributed by atoms with van der Waals surface area (Å²) in [5.74, 6) is -1.08. The lowest BCUT2D eigenvalue weighted by Crippen LogP contribution is -2.48. The van der Waals surface area contributed by atoms with Crippen LogP contribution in [0.4, 0.5) is 26.3 Å². The molecule has 13 heteroatoms. The molecule has 0 saturated carbocycles. The lowest BCUT2D eigenvalue weighted by Gasteiger charge is -2.28. The molecule has 0 bridgehead atoms. The first-order valence-electron chi connectivity index (χ1n) is 10.5. The van der Waals surface area contributed by atoms with Crippen molar-refractivity contribution in [3.63, 3.8) is 0 Å². The van der Waals surface area contributed by atoms with E-state index in [0.717, 1.165) is 17.7 Å². The molecular weight excluding hydrogens is 502 g/mol. The number of nitrogens with one attached hydrogen (secondary N) is 2. The van der Waals surface area contributed by atoms with Crippen LogP contribution in [0.3, 0.4) is 0 Å². The Morgan fingerprint density at radius 1 is 1.09 bits per heavy atom. The van der Waals surface area contributed by atoms with Crippen LogP contribution in [0.1, 0.15) is 47.6 Å². The van der Waals surface area contributed by atoms with Gasteiger partial charge in [-0.2, -0.15) is 31.1 Å². The average molecular weight is 524 g/mol. The second kappa shape index (κ2) is 10.2. The van der Waals surface area contributed by atoms with Gasteiger partial charge in [-0.05, 0) is 54.2 Å². The zero-order valence-corrected chi connectivity index (χ0v) is 18.9. The molecule has 2 atom stereocenters. The van der Waals surface area contributed by atoms with E-state index >= 15 is 0 Å². The third kappa shape index (κ3) is 6.73. The normalized spacial score (nSPS) is 17.5. The molecule has 0 fully saturated rings. The number of aryl methyl sites for hydroxylation is 1. The molecule has 3 N–H and O–H groups in total. The molecule has 0 radical (unpaired) electrons. The van der Waals surface area contributed by atoms with Gasteiger partial charge in [0.1, 0.15) is 6.04 Å². The number of hydrogen-bond donors (Lipinski definition) is 3. The number of carbonyl (C=O) groups is 1. The number of sulfonamides is 1. The van der Waals surface area contributed by atoms with Crippen LogP contribution >= 0.6 is 0 Å². The maximum atomic E-state index is 13.6. The third-order valence-electron chi connectivity index (χ3n) is 5.59. The predicted octanol–water partition coefficient (Wildman–Crippen LogP) is 3.99. The van der Waals surface area contributed by atoms with Crippen LogP contribution in [0.25, 0.3) is 0 Å². The smallest absolute Gasteiger partial charge is 0.392 e. The second-order valence-electron chi connectivity index (χ2n) is 8.15. The summed E-state index contributed by atoms with van der Waals surface area (Å²) in [6, 6.07) is 3.87. The van der Waals surface area contributed by atoms with Crippen LogP contribution in [0.15, 0.2) is 47.4 Å². The molecule has 0 aliphatic heterocycles. The fourth-order valence-electron chi connectivity index (χ4n) is 3.87. The molecule has 1 aliphatic rings. The van der Waals surface area contributed by atoms with Gasteiger partial charge in [0.2, 0.25) is 15.9 Å². The minimum absolute atomic E-state index is 0.191. The summed E-state index contributed by atoms with van der Waals surface area (Å²) in [6.07, 6.45) is -9.64. The molecule has 6 nitrogen and oxygen atoms in total. The largest absolute Gasteiger partial charge is 0.416 e. The molecular formula is C22H22F6N2O4S. The van der Waals surface area contributed by atoms with Crippen LogP contribution in [-0.4, -0.2) is 31.6 Å². The van der Waals surface area contributed by atoms with Crippen LogP contribution in [-0.2, 0) is 34.0 Å². The fourth-order valence-corrected chi connectivity index (χ4v) is 5.14. The molecule has 0 spiro atoms. The first-order valence-corrected chi connectivity index (χ1v) is 12.0. The van der Waals surface area contributed by atoms with E-state index in [1.54, 1.807) is 18.2 Å². The number of aliphatic hydroxyl groups excluding tert-OH is 1. The van der Waals surface area contributed by atoms with E-state index in [9.17, 15) is 44.7 Å². The topological polar surface area (TPSA) is 95.5 Å². The highest BCUT2D eigenvalue weighted by molar-refractivity contribution is 7.89. The first-order chi connectivity index (χ1) is 16.2. The summed E-state index contributed by atoms with van der Waals surface area (Å²) >= 11 is 0. The van der Waals surface area contributed by atoms with Gasteiger partial charge >= 0.3 is 12.4 Å². The van der Waals surface area contributed by atoms with Gasteiger partial charge in [0.15, 0.2) is 0 Å². The summed E-state index contributed by atoms with van der Waals surface area (Å²) in [5.41, 5.74) is 0.833. The number of amides is 1. The Bertz CT molecular complexity index is 1180. The molecule has 1 unspecified atom stereocenters. The number of hydrogen-bond acceptors (Lipinski definition) is 4. The molecule has 2 aromatic carbocycles. The number of aliphatic hydroxyl groups is 1. The Morgan fingerprint density at radius 3 is 2.43 bits per heavy atom. The molecule has 0 saturated heterocycles. The third-order valence-corrected chi connectivity index (χ3v) is 7.06. The Kier molecular flexibility index (Phi) is 7.82. The monoisotopic (exact) mass is 524 g/mol. The Morgan fingerprint density at radius 2 is 1.80 bits per heavy atom. The minimum atomic E-state index is -5.19. The predicted molar refractivity (Wildman–Crippen MR) is 112 cm³/mol. The molecule has 1 amide bonds. The van der Waals surface area contributed by atoms with Gasteiger partial charge in [0, 0.05) is 0 Å². The van der Waals surface area contributed by atoms with Crippen molar-refractivity contribution in [1.82, 2.24) is 10.0 Å². The van der Waals surface area contributed by atoms with E-state index in [2.05, 4.69) is 5.32 Å². The fraction of sp³-hybridized carbons (Fsp3) is 0.409. The van der Waals surface area contributed by atoms with Gasteiger partial charge in [-0.15, -0.1) is 0 Å². The van der Waals surface area contributed by atoms with E-state index in [-0.39, 0.29) is 12.7 Å². The number of rotatable bonds is 7. The van der Waals surface area contributed by atoms with Crippen LogP contribution in [0.5, 0.6) is 0 Å². The van der Waals surface area contributed by atoms with Crippen molar-refractivity contribution in [3.8, 4) is 0 Å². The molecule has 0 heterocycles. The quantitative estimate of drug-likeness (QED) is 0.478. The number of carbonyl (C=O) groups excluding carboxylic acids is 1. The Labute approximate surface area is 197 Å². The standard InChI is InChI=1S/C22H22F6N2O4S/c23-21(24,25)15-4-2-5-16(10-15)35(33,34)30-19(22(26,27)28)11-20(32)29-18-6-1-3-14-9-13(12-31)7-8-17(14)18/h2,4-5,7-10,18-19,30-31H,1,3,6,11-12H2,(H,29,32)/t18-,19?/m1/s1. The van der Waals surface area contributed by atoms with Gasteiger partial charge in [0.05, 0.1) is 29.5 Å². The number of halogens is 6. The maximum absolute atomic E-state index is 13.6. The van der Waals surface area contributed by atoms with Crippen molar-refractivity contribution in [2.24, 2.45) is 0 Å². The van der Waals surface area contributed by atoms with E-state index < -0.39 is 57.2 Å². The summed E-state index contributed by atoms with van der Waals surface area (Å²) in [4.78, 5) is 11.5. The number of fused-ring (bicyclic) bond motifs is 1. The molecule has 35 heavy (non-hydrogen) atoms. The van der Waals surface area contributed by atoms with Crippen molar-refractivity contribution in [2.45, 2.75) is 61.6 Å². The van der Waals surface area contributed by atoms with E-state index in [1.807, 2.05) is 0 Å². The molecule has 3 rings (SSSR count). The molecule has 0 aromatic heterocycles. The van der Waals surface area contributed by atoms with E-state index in [4.69, 9.17) is 0 Å². The second-order valence-corrected chi connectivity index (χ2v) is 9.86. The van der Waals surface area contributed by atoms with Gasteiger partial charge in [-0.25, -0.2) is 8.42 Å². The summed E-state index contributed by atoms with van der Waals surface area (Å²) in [7, 11) is -5.03. The van der Waals surface area contributed by atoms with Crippen molar-refractivity contribution in [3.05, 3.63) is 64.7 Å². The van der Waals surface area contributed by atoms with Crippen molar-refractivity contribution < 1.29 is 44.7 Å². The number of benzene rings is 2. The minimum Gasteiger partial charge on any atom is -0.392 e. The van der Waals surface area contributed by atoms with Crippen molar-refractivity contribution in [2.75, 3.05) is 0 Å². The van der Waals surface area contributed by atoms with Gasteiger partial charge in [0.25, 0.3) is 0 Å². The van der Waals surface area contributed by atoms with Crippen molar-refractivity contribution >= 4 is 15.9 Å². The SMILES string of the molecule is O=C(CC(NS(=O)(=O)c1cccc(C(F)(F)F)c1)C(F)(F)F)N[C@@H]1CCCc2cc(CO)ccc21. The Balaban J connectivity index is 1.77. The lowest BCUT2D eigenvalue weighted by atomic mass is 9.86. The zero-order valence-electron chi connectivity index (χ0n) is 18.1. The van der Waals surface area contributed by atoms with Gasteiger partial charge in [-0.1, -0.05) is 24.3 Å². The molecule has 2 aromatic rings. The highest BCUT2D eigenvalue weighted by Gasteiger charge is 2.44. The Hall–Kier alpha value is -2.64. The van der Waals surface area contributed by atoms with Gasteiger partial charge < -0.3 is 10.4 Å². The highest BCUT2D eigenvalue weighted by Crippen LogP contribution is 2.33. The summed E-state index contributed by atoms with van der Waals surface area (Å²) < 4.78 is 106. The highest BCUT2D eigenvalue weighted by atomic mass is 32.2. The lowest BCUT2D eigenvalue weighted by molar-refractivity contribution is -0.158.